The Morgan fingerprint density at radius 2 is 2.12 bits per heavy atom. The normalized spacial score (nSPS) is 10.2. The summed E-state index contributed by atoms with van der Waals surface area (Å²) in [7, 11) is 0. The molecule has 5 heteroatoms. The Labute approximate surface area is 97.7 Å². The lowest BCUT2D eigenvalue weighted by Gasteiger charge is -2.07. The van der Waals surface area contributed by atoms with Crippen LogP contribution >= 0.6 is 0 Å². The number of carbonyl (C=O) groups is 1. The molecule has 0 saturated heterocycles. The number of aromatic hydroxyl groups is 1. The number of nitrogens with one attached hydrogen (secondary N) is 2. The second kappa shape index (κ2) is 4.21. The largest absolute Gasteiger partial charge is 0.507 e. The molecule has 0 atom stereocenters. The maximum atomic E-state index is 10.7. The number of phenols is 1. The highest BCUT2D eigenvalue weighted by Crippen LogP contribution is 2.25. The van der Waals surface area contributed by atoms with E-state index in [9.17, 15) is 9.90 Å². The van der Waals surface area contributed by atoms with Gasteiger partial charge in [-0.15, -0.1) is 0 Å². The molecule has 0 aliphatic rings. The number of rotatable bonds is 3. The van der Waals surface area contributed by atoms with Crippen LogP contribution in [0.3, 0.4) is 0 Å². The number of hydrogen-bond acceptors (Lipinski definition) is 3. The molecule has 2 rings (SSSR count). The maximum Gasteiger partial charge on any atom is 0.339 e. The van der Waals surface area contributed by atoms with Crippen molar-refractivity contribution in [3.63, 3.8) is 0 Å². The average molecular weight is 232 g/mol. The lowest BCUT2D eigenvalue weighted by molar-refractivity contribution is 0.0694. The van der Waals surface area contributed by atoms with Crippen molar-refractivity contribution in [1.29, 1.82) is 0 Å². The van der Waals surface area contributed by atoms with Crippen LogP contribution < -0.4 is 5.32 Å². The quantitative estimate of drug-likeness (QED) is 0.654. The molecule has 0 saturated carbocycles. The van der Waals surface area contributed by atoms with Gasteiger partial charge in [-0.25, -0.2) is 4.79 Å². The number of aromatic amines is 1. The molecular formula is C12H12N2O3. The van der Waals surface area contributed by atoms with Gasteiger partial charge in [0.25, 0.3) is 0 Å². The van der Waals surface area contributed by atoms with Gasteiger partial charge in [0, 0.05) is 23.6 Å². The molecule has 1 aromatic carbocycles. The van der Waals surface area contributed by atoms with Crippen LogP contribution in [0.4, 0.5) is 11.4 Å². The standard InChI is InChI=1S/C12H12N2O3/c1-7-10(4-5-13-7)14-8-2-3-9(12(16)17)11(15)6-8/h2-6,13-15H,1H3,(H,16,17). The van der Waals surface area contributed by atoms with E-state index in [0.29, 0.717) is 5.69 Å². The predicted molar refractivity (Wildman–Crippen MR) is 63.9 cm³/mol. The fourth-order valence-corrected chi connectivity index (χ4v) is 1.53. The molecule has 0 amide bonds. The van der Waals surface area contributed by atoms with Crippen molar-refractivity contribution in [1.82, 2.24) is 4.98 Å². The monoisotopic (exact) mass is 232 g/mol. The zero-order chi connectivity index (χ0) is 12.4. The van der Waals surface area contributed by atoms with Gasteiger partial charge in [-0.1, -0.05) is 0 Å². The first-order valence-corrected chi connectivity index (χ1v) is 5.05. The molecule has 0 spiro atoms. The predicted octanol–water partition coefficient (Wildman–Crippen LogP) is 2.47. The summed E-state index contributed by atoms with van der Waals surface area (Å²) in [6.07, 6.45) is 1.79. The third kappa shape index (κ3) is 2.23. The highest BCUT2D eigenvalue weighted by molar-refractivity contribution is 5.91. The van der Waals surface area contributed by atoms with Gasteiger partial charge in [0.2, 0.25) is 0 Å². The Balaban J connectivity index is 2.27. The fourth-order valence-electron chi connectivity index (χ4n) is 1.53. The molecule has 0 aliphatic heterocycles. The van der Waals surface area contributed by atoms with Gasteiger partial charge in [-0.3, -0.25) is 0 Å². The van der Waals surface area contributed by atoms with Gasteiger partial charge in [0.15, 0.2) is 0 Å². The van der Waals surface area contributed by atoms with Gasteiger partial charge in [0.1, 0.15) is 11.3 Å². The summed E-state index contributed by atoms with van der Waals surface area (Å²) >= 11 is 0. The molecule has 0 aliphatic carbocycles. The zero-order valence-electron chi connectivity index (χ0n) is 9.19. The number of benzene rings is 1. The lowest BCUT2D eigenvalue weighted by Crippen LogP contribution is -1.98. The van der Waals surface area contributed by atoms with Crippen molar-refractivity contribution >= 4 is 17.3 Å². The number of anilines is 2. The Morgan fingerprint density at radius 3 is 2.65 bits per heavy atom. The van der Waals surface area contributed by atoms with E-state index in [1.54, 1.807) is 12.3 Å². The molecule has 1 aromatic heterocycles. The molecule has 4 N–H and O–H groups in total. The number of aryl methyl sites for hydroxylation is 1. The first kappa shape index (κ1) is 11.1. The van der Waals surface area contributed by atoms with Crippen molar-refractivity contribution in [3.05, 3.63) is 41.7 Å². The van der Waals surface area contributed by atoms with Crippen LogP contribution in [0.25, 0.3) is 0 Å². The molecule has 88 valence electrons. The lowest BCUT2D eigenvalue weighted by atomic mass is 10.2. The minimum absolute atomic E-state index is 0.110. The number of aromatic nitrogens is 1. The topological polar surface area (TPSA) is 85.4 Å². The Kier molecular flexibility index (Phi) is 2.74. The molecule has 0 fully saturated rings. The summed E-state index contributed by atoms with van der Waals surface area (Å²) in [6, 6.07) is 6.21. The summed E-state index contributed by atoms with van der Waals surface area (Å²) in [5.74, 6) is -1.40. The van der Waals surface area contributed by atoms with E-state index in [1.807, 2.05) is 13.0 Å². The number of carboxylic acid groups (broad SMARTS) is 1. The minimum atomic E-state index is -1.15. The van der Waals surface area contributed by atoms with Gasteiger partial charge < -0.3 is 20.5 Å². The number of hydrogen-bond donors (Lipinski definition) is 4. The van der Waals surface area contributed by atoms with Crippen molar-refractivity contribution in [2.24, 2.45) is 0 Å². The van der Waals surface area contributed by atoms with Crippen molar-refractivity contribution in [2.45, 2.75) is 6.92 Å². The van der Waals surface area contributed by atoms with E-state index < -0.39 is 5.97 Å². The summed E-state index contributed by atoms with van der Waals surface area (Å²) in [6.45, 7) is 1.91. The third-order valence-electron chi connectivity index (χ3n) is 2.46. The van der Waals surface area contributed by atoms with Gasteiger partial charge in [0.05, 0.1) is 5.69 Å². The van der Waals surface area contributed by atoms with E-state index in [1.165, 1.54) is 12.1 Å². The highest BCUT2D eigenvalue weighted by Gasteiger charge is 2.10. The van der Waals surface area contributed by atoms with E-state index in [-0.39, 0.29) is 11.3 Å². The Bertz CT molecular complexity index is 561. The molecule has 0 bridgehead atoms. The molecular weight excluding hydrogens is 220 g/mol. The van der Waals surface area contributed by atoms with E-state index in [0.717, 1.165) is 11.4 Å². The van der Waals surface area contributed by atoms with E-state index in [2.05, 4.69) is 10.3 Å². The molecule has 2 aromatic rings. The first-order chi connectivity index (χ1) is 8.08. The smallest absolute Gasteiger partial charge is 0.339 e. The molecule has 0 radical (unpaired) electrons. The van der Waals surface area contributed by atoms with Gasteiger partial charge >= 0.3 is 5.97 Å². The Morgan fingerprint density at radius 1 is 1.35 bits per heavy atom. The maximum absolute atomic E-state index is 10.7. The second-order valence-corrected chi connectivity index (χ2v) is 3.68. The van der Waals surface area contributed by atoms with Crippen molar-refractivity contribution < 1.29 is 15.0 Å². The van der Waals surface area contributed by atoms with Gasteiger partial charge in [-0.2, -0.15) is 0 Å². The molecule has 1 heterocycles. The van der Waals surface area contributed by atoms with E-state index in [4.69, 9.17) is 5.11 Å². The van der Waals surface area contributed by atoms with Crippen LogP contribution in [-0.4, -0.2) is 21.2 Å². The first-order valence-electron chi connectivity index (χ1n) is 5.05. The number of aromatic carboxylic acids is 1. The van der Waals surface area contributed by atoms with Crippen molar-refractivity contribution in [3.8, 4) is 5.75 Å². The Hall–Kier alpha value is -2.43. The minimum Gasteiger partial charge on any atom is -0.507 e. The van der Waals surface area contributed by atoms with Crippen LogP contribution in [0.15, 0.2) is 30.5 Å². The molecule has 17 heavy (non-hydrogen) atoms. The highest BCUT2D eigenvalue weighted by atomic mass is 16.4. The van der Waals surface area contributed by atoms with Crippen LogP contribution in [-0.2, 0) is 0 Å². The summed E-state index contributed by atoms with van der Waals surface area (Å²) < 4.78 is 0. The van der Waals surface area contributed by atoms with Crippen LogP contribution in [0.1, 0.15) is 16.1 Å². The van der Waals surface area contributed by atoms with Crippen molar-refractivity contribution in [2.75, 3.05) is 5.32 Å². The van der Waals surface area contributed by atoms with Crippen LogP contribution in [0.5, 0.6) is 5.75 Å². The zero-order valence-corrected chi connectivity index (χ0v) is 9.19. The summed E-state index contributed by atoms with van der Waals surface area (Å²) in [4.78, 5) is 13.7. The van der Waals surface area contributed by atoms with E-state index >= 15 is 0 Å². The number of carboxylic acids is 1. The van der Waals surface area contributed by atoms with Crippen LogP contribution in [0.2, 0.25) is 0 Å². The third-order valence-corrected chi connectivity index (χ3v) is 2.46. The molecule has 0 unspecified atom stereocenters. The number of H-pyrrole nitrogens is 1. The van der Waals surface area contributed by atoms with Gasteiger partial charge in [-0.05, 0) is 25.1 Å². The molecule has 5 nitrogen and oxygen atoms in total. The summed E-state index contributed by atoms with van der Waals surface area (Å²) in [5.41, 5.74) is 2.37. The van der Waals surface area contributed by atoms with Crippen LogP contribution in [0, 0.1) is 6.92 Å². The average Bonchev–Trinajstić information content (AvgIpc) is 2.64. The SMILES string of the molecule is Cc1[nH]ccc1Nc1ccc(C(=O)O)c(O)c1. The second-order valence-electron chi connectivity index (χ2n) is 3.68. The fraction of sp³-hybridized carbons (Fsp3) is 0.0833. The summed E-state index contributed by atoms with van der Waals surface area (Å²) in [5, 5.41) is 21.4.